The predicted octanol–water partition coefficient (Wildman–Crippen LogP) is 2.09. The average molecular weight is 268 g/mol. The van der Waals surface area contributed by atoms with Gasteiger partial charge in [0, 0.05) is 12.1 Å². The Kier molecular flexibility index (Phi) is 4.51. The molecule has 0 heterocycles. The van der Waals surface area contributed by atoms with E-state index in [0.717, 1.165) is 25.2 Å². The fourth-order valence-electron chi connectivity index (χ4n) is 4.07. The lowest BCUT2D eigenvalue weighted by Crippen LogP contribution is -2.51. The minimum Gasteiger partial charge on any atom is -0.480 e. The fraction of sp³-hybridized carbons (Fsp3) is 0.933. The zero-order valence-corrected chi connectivity index (χ0v) is 12.5. The maximum Gasteiger partial charge on any atom is 0.323 e. The number of hydrogen-bond donors (Lipinski definition) is 2. The molecule has 2 aliphatic rings. The van der Waals surface area contributed by atoms with Gasteiger partial charge in [-0.25, -0.2) is 0 Å². The molecule has 0 spiro atoms. The maximum atomic E-state index is 11.5. The molecule has 110 valence electrons. The molecule has 0 radical (unpaired) electrons. The van der Waals surface area contributed by atoms with Crippen LogP contribution in [0.5, 0.6) is 0 Å². The zero-order valence-electron chi connectivity index (χ0n) is 12.5. The first kappa shape index (κ1) is 14.8. The molecular weight excluding hydrogens is 240 g/mol. The molecule has 4 nitrogen and oxygen atoms in total. The Balaban J connectivity index is 2.01. The number of hydrogen-bond acceptors (Lipinski definition) is 3. The third kappa shape index (κ3) is 2.79. The second kappa shape index (κ2) is 5.80. The summed E-state index contributed by atoms with van der Waals surface area (Å²) in [5.41, 5.74) is -0.698. The summed E-state index contributed by atoms with van der Waals surface area (Å²) < 4.78 is 0. The van der Waals surface area contributed by atoms with Crippen molar-refractivity contribution < 1.29 is 9.90 Å². The molecule has 0 aromatic carbocycles. The fourth-order valence-corrected chi connectivity index (χ4v) is 4.07. The summed E-state index contributed by atoms with van der Waals surface area (Å²) in [5.74, 6) is 0.0516. The standard InChI is InChI=1S/C15H28N2O2/c1-11-6-4-5-7-13(11)17(3)12-8-9-15(10-12,16-2)14(18)19/h11-13,16H,4-10H2,1-3H3,(H,18,19). The largest absolute Gasteiger partial charge is 0.480 e. The minimum absolute atomic E-state index is 0.411. The lowest BCUT2D eigenvalue weighted by atomic mass is 9.84. The average Bonchev–Trinajstić information content (AvgIpc) is 2.84. The van der Waals surface area contributed by atoms with Crippen molar-refractivity contribution in [2.24, 2.45) is 5.92 Å². The zero-order chi connectivity index (χ0) is 14.0. The molecule has 0 amide bonds. The Hall–Kier alpha value is -0.610. The summed E-state index contributed by atoms with van der Waals surface area (Å²) in [5, 5.41) is 12.5. The summed E-state index contributed by atoms with van der Waals surface area (Å²) in [7, 11) is 3.98. The van der Waals surface area contributed by atoms with Crippen LogP contribution in [0.1, 0.15) is 51.9 Å². The third-order valence-corrected chi connectivity index (χ3v) is 5.54. The van der Waals surface area contributed by atoms with E-state index >= 15 is 0 Å². The van der Waals surface area contributed by atoms with Crippen LogP contribution in [0, 0.1) is 5.92 Å². The van der Waals surface area contributed by atoms with E-state index in [1.54, 1.807) is 7.05 Å². The molecule has 0 aromatic rings. The van der Waals surface area contributed by atoms with E-state index in [9.17, 15) is 9.90 Å². The Morgan fingerprint density at radius 3 is 2.53 bits per heavy atom. The smallest absolute Gasteiger partial charge is 0.323 e. The van der Waals surface area contributed by atoms with Crippen LogP contribution in [0.3, 0.4) is 0 Å². The SMILES string of the molecule is CNC1(C(=O)O)CCC(N(C)C2CCCCC2C)C1. The van der Waals surface area contributed by atoms with E-state index in [1.807, 2.05) is 0 Å². The van der Waals surface area contributed by atoms with Crippen molar-refractivity contribution in [3.05, 3.63) is 0 Å². The van der Waals surface area contributed by atoms with Gasteiger partial charge in [-0.2, -0.15) is 0 Å². The first-order chi connectivity index (χ1) is 9.00. The number of aliphatic carboxylic acids is 1. The lowest BCUT2D eigenvalue weighted by molar-refractivity contribution is -0.144. The molecule has 4 atom stereocenters. The highest BCUT2D eigenvalue weighted by Gasteiger charge is 2.46. The maximum absolute atomic E-state index is 11.5. The normalized spacial score (nSPS) is 39.7. The van der Waals surface area contributed by atoms with E-state index in [1.165, 1.54) is 25.7 Å². The van der Waals surface area contributed by atoms with Crippen LogP contribution in [-0.2, 0) is 4.79 Å². The topological polar surface area (TPSA) is 52.6 Å². The van der Waals surface area contributed by atoms with Crippen molar-refractivity contribution in [2.45, 2.75) is 69.5 Å². The molecule has 0 saturated heterocycles. The van der Waals surface area contributed by atoms with Crippen molar-refractivity contribution in [1.82, 2.24) is 10.2 Å². The Labute approximate surface area is 116 Å². The van der Waals surface area contributed by atoms with Crippen molar-refractivity contribution >= 4 is 5.97 Å². The van der Waals surface area contributed by atoms with Crippen LogP contribution >= 0.6 is 0 Å². The molecule has 4 unspecified atom stereocenters. The molecule has 2 aliphatic carbocycles. The first-order valence-electron chi connectivity index (χ1n) is 7.64. The van der Waals surface area contributed by atoms with Crippen LogP contribution in [0.4, 0.5) is 0 Å². The van der Waals surface area contributed by atoms with E-state index in [0.29, 0.717) is 12.1 Å². The molecule has 19 heavy (non-hydrogen) atoms. The van der Waals surface area contributed by atoms with E-state index in [4.69, 9.17) is 0 Å². The van der Waals surface area contributed by atoms with Crippen LogP contribution in [0.2, 0.25) is 0 Å². The first-order valence-corrected chi connectivity index (χ1v) is 7.64. The van der Waals surface area contributed by atoms with Gasteiger partial charge in [-0.15, -0.1) is 0 Å². The summed E-state index contributed by atoms with van der Waals surface area (Å²) in [6.45, 7) is 2.35. The summed E-state index contributed by atoms with van der Waals surface area (Å²) in [4.78, 5) is 14.0. The van der Waals surface area contributed by atoms with Gasteiger partial charge < -0.3 is 15.3 Å². The molecular formula is C15H28N2O2. The highest BCUT2D eigenvalue weighted by atomic mass is 16.4. The van der Waals surface area contributed by atoms with Crippen LogP contribution in [0.15, 0.2) is 0 Å². The van der Waals surface area contributed by atoms with Gasteiger partial charge in [-0.3, -0.25) is 4.79 Å². The number of carboxylic acids is 1. The van der Waals surface area contributed by atoms with Gasteiger partial charge in [-0.1, -0.05) is 19.8 Å². The summed E-state index contributed by atoms with van der Waals surface area (Å²) >= 11 is 0. The van der Waals surface area contributed by atoms with Crippen molar-refractivity contribution in [1.29, 1.82) is 0 Å². The van der Waals surface area contributed by atoms with Crippen LogP contribution in [0.25, 0.3) is 0 Å². The summed E-state index contributed by atoms with van der Waals surface area (Å²) in [6, 6.07) is 1.05. The highest BCUT2D eigenvalue weighted by molar-refractivity contribution is 5.79. The highest BCUT2D eigenvalue weighted by Crippen LogP contribution is 2.37. The quantitative estimate of drug-likeness (QED) is 0.820. The second-order valence-corrected chi connectivity index (χ2v) is 6.53. The van der Waals surface area contributed by atoms with Crippen molar-refractivity contribution in [2.75, 3.05) is 14.1 Å². The Morgan fingerprint density at radius 1 is 1.32 bits per heavy atom. The van der Waals surface area contributed by atoms with Gasteiger partial charge in [0.2, 0.25) is 0 Å². The minimum atomic E-state index is -0.698. The van der Waals surface area contributed by atoms with Gasteiger partial charge in [-0.05, 0) is 52.1 Å². The molecule has 4 heteroatoms. The van der Waals surface area contributed by atoms with Gasteiger partial charge in [0.25, 0.3) is 0 Å². The molecule has 0 bridgehead atoms. The molecule has 2 fully saturated rings. The Bertz CT molecular complexity index is 334. The molecule has 0 aliphatic heterocycles. The monoisotopic (exact) mass is 268 g/mol. The Morgan fingerprint density at radius 2 is 2.00 bits per heavy atom. The number of carboxylic acid groups (broad SMARTS) is 1. The van der Waals surface area contributed by atoms with Crippen LogP contribution < -0.4 is 5.32 Å². The second-order valence-electron chi connectivity index (χ2n) is 6.53. The third-order valence-electron chi connectivity index (χ3n) is 5.54. The van der Waals surface area contributed by atoms with E-state index < -0.39 is 11.5 Å². The number of nitrogens with zero attached hydrogens (tertiary/aromatic N) is 1. The molecule has 2 saturated carbocycles. The molecule has 2 rings (SSSR count). The number of likely N-dealkylation sites (N-methyl/N-ethyl adjacent to an activating group) is 1. The molecule has 2 N–H and O–H groups in total. The van der Waals surface area contributed by atoms with Gasteiger partial charge >= 0.3 is 5.97 Å². The van der Waals surface area contributed by atoms with Crippen LogP contribution in [-0.4, -0.2) is 47.7 Å². The van der Waals surface area contributed by atoms with Gasteiger partial charge in [0.15, 0.2) is 0 Å². The van der Waals surface area contributed by atoms with Gasteiger partial charge in [0.1, 0.15) is 5.54 Å². The number of nitrogens with one attached hydrogen (secondary N) is 1. The number of rotatable bonds is 4. The van der Waals surface area contributed by atoms with Gasteiger partial charge in [0.05, 0.1) is 0 Å². The van der Waals surface area contributed by atoms with Crippen molar-refractivity contribution in [3.63, 3.8) is 0 Å². The van der Waals surface area contributed by atoms with Crippen molar-refractivity contribution in [3.8, 4) is 0 Å². The predicted molar refractivity (Wildman–Crippen MR) is 76.2 cm³/mol. The van der Waals surface area contributed by atoms with E-state index in [-0.39, 0.29) is 0 Å². The number of carbonyl (C=O) groups is 1. The lowest BCUT2D eigenvalue weighted by Gasteiger charge is -2.40. The molecule has 0 aromatic heterocycles. The summed E-state index contributed by atoms with van der Waals surface area (Å²) in [6.07, 6.45) is 7.74. The van der Waals surface area contributed by atoms with E-state index in [2.05, 4.69) is 24.2 Å².